The van der Waals surface area contributed by atoms with Crippen LogP contribution in [0.1, 0.15) is 11.3 Å². The summed E-state index contributed by atoms with van der Waals surface area (Å²) in [7, 11) is 1.64. The van der Waals surface area contributed by atoms with Gasteiger partial charge in [0.25, 0.3) is 0 Å². The summed E-state index contributed by atoms with van der Waals surface area (Å²) in [6.07, 6.45) is 1.90. The smallest absolute Gasteiger partial charge is 0.133 e. The van der Waals surface area contributed by atoms with E-state index in [0.29, 0.717) is 12.2 Å². The van der Waals surface area contributed by atoms with E-state index >= 15 is 0 Å². The van der Waals surface area contributed by atoms with Gasteiger partial charge in [-0.15, -0.1) is 0 Å². The average Bonchev–Trinajstić information content (AvgIpc) is 2.76. The van der Waals surface area contributed by atoms with Crippen LogP contribution in [0.25, 0.3) is 0 Å². The molecule has 0 aliphatic rings. The van der Waals surface area contributed by atoms with Crippen molar-refractivity contribution in [3.05, 3.63) is 52.3 Å². The van der Waals surface area contributed by atoms with E-state index in [1.165, 1.54) is 0 Å². The molecular formula is C13H11BrN2O. The number of hydrogen-bond acceptors (Lipinski definition) is 2. The van der Waals surface area contributed by atoms with E-state index in [1.807, 2.05) is 35.0 Å². The molecule has 0 saturated heterocycles. The molecule has 0 bridgehead atoms. The van der Waals surface area contributed by atoms with E-state index < -0.39 is 0 Å². The van der Waals surface area contributed by atoms with Crippen LogP contribution >= 0.6 is 15.9 Å². The summed E-state index contributed by atoms with van der Waals surface area (Å²) in [4.78, 5) is 0. The molecule has 0 radical (unpaired) electrons. The number of nitriles is 1. The molecule has 0 saturated carbocycles. The third-order valence-corrected chi connectivity index (χ3v) is 3.13. The lowest BCUT2D eigenvalue weighted by atomic mass is 10.2. The fraction of sp³-hybridized carbons (Fsp3) is 0.154. The van der Waals surface area contributed by atoms with E-state index in [1.54, 1.807) is 13.2 Å². The molecule has 4 heteroatoms. The van der Waals surface area contributed by atoms with E-state index in [0.717, 1.165) is 15.8 Å². The maximum atomic E-state index is 8.92. The van der Waals surface area contributed by atoms with Gasteiger partial charge >= 0.3 is 0 Å². The van der Waals surface area contributed by atoms with Crippen molar-refractivity contribution in [3.8, 4) is 11.8 Å². The van der Waals surface area contributed by atoms with E-state index in [9.17, 15) is 0 Å². The quantitative estimate of drug-likeness (QED) is 0.871. The minimum atomic E-state index is 0.664. The second-order valence-corrected chi connectivity index (χ2v) is 4.46. The first-order valence-electron chi connectivity index (χ1n) is 5.12. The Hall–Kier alpha value is -1.73. The van der Waals surface area contributed by atoms with Crippen LogP contribution in [0.15, 0.2) is 41.0 Å². The van der Waals surface area contributed by atoms with Crippen LogP contribution in [0.4, 0.5) is 0 Å². The molecular weight excluding hydrogens is 280 g/mol. The highest BCUT2D eigenvalue weighted by molar-refractivity contribution is 9.10. The van der Waals surface area contributed by atoms with Crippen LogP contribution in [0.5, 0.6) is 5.75 Å². The van der Waals surface area contributed by atoms with Crippen molar-refractivity contribution in [2.75, 3.05) is 7.11 Å². The van der Waals surface area contributed by atoms with Crippen molar-refractivity contribution in [2.24, 2.45) is 0 Å². The first kappa shape index (κ1) is 11.7. The zero-order chi connectivity index (χ0) is 12.3. The van der Waals surface area contributed by atoms with Crippen molar-refractivity contribution in [1.29, 1.82) is 5.26 Å². The lowest BCUT2D eigenvalue weighted by Crippen LogP contribution is -2.00. The van der Waals surface area contributed by atoms with Gasteiger partial charge in [-0.05, 0) is 45.8 Å². The number of aromatic nitrogens is 1. The maximum absolute atomic E-state index is 8.92. The Morgan fingerprint density at radius 2 is 2.24 bits per heavy atom. The first-order valence-corrected chi connectivity index (χ1v) is 5.91. The van der Waals surface area contributed by atoms with Gasteiger partial charge in [-0.1, -0.05) is 6.07 Å². The number of halogens is 1. The summed E-state index contributed by atoms with van der Waals surface area (Å²) in [6.45, 7) is 0.679. The Balaban J connectivity index is 2.25. The molecule has 3 nitrogen and oxygen atoms in total. The highest BCUT2D eigenvalue weighted by atomic mass is 79.9. The fourth-order valence-electron chi connectivity index (χ4n) is 1.66. The van der Waals surface area contributed by atoms with E-state index in [-0.39, 0.29) is 0 Å². The summed E-state index contributed by atoms with van der Waals surface area (Å²) in [5, 5.41) is 8.92. The van der Waals surface area contributed by atoms with E-state index in [4.69, 9.17) is 10.00 Å². The minimum Gasteiger partial charge on any atom is -0.496 e. The topological polar surface area (TPSA) is 38.0 Å². The Bertz CT molecular complexity index is 569. The lowest BCUT2D eigenvalue weighted by Gasteiger charge is -2.08. The third-order valence-electron chi connectivity index (χ3n) is 2.51. The Labute approximate surface area is 108 Å². The second kappa shape index (κ2) is 5.07. The lowest BCUT2D eigenvalue weighted by molar-refractivity contribution is 0.412. The van der Waals surface area contributed by atoms with Gasteiger partial charge in [0.15, 0.2) is 0 Å². The van der Waals surface area contributed by atoms with Crippen LogP contribution in [-0.4, -0.2) is 11.7 Å². The van der Waals surface area contributed by atoms with Crippen molar-refractivity contribution < 1.29 is 4.74 Å². The third kappa shape index (κ3) is 2.51. The zero-order valence-electron chi connectivity index (χ0n) is 9.35. The fourth-order valence-corrected chi connectivity index (χ4v) is 2.25. The van der Waals surface area contributed by atoms with Gasteiger partial charge in [0.05, 0.1) is 11.6 Å². The van der Waals surface area contributed by atoms with Crippen LogP contribution in [-0.2, 0) is 6.54 Å². The average molecular weight is 291 g/mol. The van der Waals surface area contributed by atoms with Crippen molar-refractivity contribution in [2.45, 2.75) is 6.54 Å². The SMILES string of the molecule is COc1ccc(Cn2cccc2C#N)cc1Br. The normalized spacial score (nSPS) is 9.94. The van der Waals surface area contributed by atoms with Gasteiger partial charge in [0, 0.05) is 12.7 Å². The van der Waals surface area contributed by atoms with Crippen LogP contribution < -0.4 is 4.74 Å². The standard InChI is InChI=1S/C13H11BrN2O/c1-17-13-5-4-10(7-12(13)14)9-16-6-2-3-11(16)8-15/h2-7H,9H2,1H3. The number of rotatable bonds is 3. The summed E-state index contributed by atoms with van der Waals surface area (Å²) in [6, 6.07) is 11.7. The first-order chi connectivity index (χ1) is 8.24. The summed E-state index contributed by atoms with van der Waals surface area (Å²) in [5.41, 5.74) is 1.78. The molecule has 86 valence electrons. The summed E-state index contributed by atoms with van der Waals surface area (Å²) >= 11 is 3.45. The Kier molecular flexibility index (Phi) is 3.50. The molecule has 0 fully saturated rings. The zero-order valence-corrected chi connectivity index (χ0v) is 10.9. The molecule has 1 heterocycles. The predicted molar refractivity (Wildman–Crippen MR) is 68.9 cm³/mol. The Morgan fingerprint density at radius 1 is 1.41 bits per heavy atom. The van der Waals surface area contributed by atoms with Crippen LogP contribution in [0, 0.1) is 11.3 Å². The van der Waals surface area contributed by atoms with Crippen molar-refractivity contribution in [3.63, 3.8) is 0 Å². The molecule has 1 aromatic heterocycles. The number of nitrogens with zero attached hydrogens (tertiary/aromatic N) is 2. The van der Waals surface area contributed by atoms with Gasteiger partial charge in [0.1, 0.15) is 17.5 Å². The molecule has 1 aromatic carbocycles. The molecule has 0 spiro atoms. The Morgan fingerprint density at radius 3 is 2.88 bits per heavy atom. The second-order valence-electron chi connectivity index (χ2n) is 3.60. The summed E-state index contributed by atoms with van der Waals surface area (Å²) < 4.78 is 8.00. The molecule has 0 unspecified atom stereocenters. The van der Waals surface area contributed by atoms with Gasteiger partial charge in [-0.25, -0.2) is 0 Å². The van der Waals surface area contributed by atoms with Gasteiger partial charge < -0.3 is 9.30 Å². The predicted octanol–water partition coefficient (Wildman–Crippen LogP) is 3.18. The summed E-state index contributed by atoms with van der Waals surface area (Å²) in [5.74, 6) is 0.807. The monoisotopic (exact) mass is 290 g/mol. The number of methoxy groups -OCH3 is 1. The number of hydrogen-bond donors (Lipinski definition) is 0. The number of ether oxygens (including phenoxy) is 1. The molecule has 2 aromatic rings. The molecule has 17 heavy (non-hydrogen) atoms. The minimum absolute atomic E-state index is 0.664. The highest BCUT2D eigenvalue weighted by Crippen LogP contribution is 2.25. The van der Waals surface area contributed by atoms with Gasteiger partial charge in [0.2, 0.25) is 0 Å². The van der Waals surface area contributed by atoms with Crippen LogP contribution in [0.2, 0.25) is 0 Å². The molecule has 2 rings (SSSR count). The highest BCUT2D eigenvalue weighted by Gasteiger charge is 2.04. The number of benzene rings is 1. The molecule has 0 aliphatic carbocycles. The van der Waals surface area contributed by atoms with Crippen molar-refractivity contribution in [1.82, 2.24) is 4.57 Å². The largest absolute Gasteiger partial charge is 0.496 e. The van der Waals surface area contributed by atoms with E-state index in [2.05, 4.69) is 22.0 Å². The van der Waals surface area contributed by atoms with Crippen molar-refractivity contribution >= 4 is 15.9 Å². The maximum Gasteiger partial charge on any atom is 0.133 e. The van der Waals surface area contributed by atoms with Crippen LogP contribution in [0.3, 0.4) is 0 Å². The molecule has 0 amide bonds. The van der Waals surface area contributed by atoms with Gasteiger partial charge in [-0.3, -0.25) is 0 Å². The molecule has 0 aliphatic heterocycles. The van der Waals surface area contributed by atoms with Gasteiger partial charge in [-0.2, -0.15) is 5.26 Å². The molecule has 0 N–H and O–H groups in total. The molecule has 0 atom stereocenters.